The highest BCUT2D eigenvalue weighted by atomic mass is 32.2. The van der Waals surface area contributed by atoms with Crippen molar-refractivity contribution in [3.8, 4) is 5.75 Å². The quantitative estimate of drug-likeness (QED) is 0.0823. The van der Waals surface area contributed by atoms with Crippen molar-refractivity contribution in [2.24, 2.45) is 49.2 Å². The maximum Gasteiger partial charge on any atom is 0.227 e. The first kappa shape index (κ1) is 139. The third kappa shape index (κ3) is 72.2. The number of fused-ring (bicyclic) bond motifs is 5. The molecule has 10 aromatic rings. The van der Waals surface area contributed by atoms with Crippen LogP contribution in [0.25, 0.3) is 10.2 Å². The van der Waals surface area contributed by atoms with Crippen molar-refractivity contribution < 1.29 is 22.7 Å². The lowest BCUT2D eigenvalue weighted by Gasteiger charge is -2.34. The van der Waals surface area contributed by atoms with Crippen LogP contribution in [0.3, 0.4) is 0 Å². The number of nitrogens with one attached hydrogen (secondary N) is 5. The third-order valence-electron chi connectivity index (χ3n) is 21.4. The van der Waals surface area contributed by atoms with E-state index in [0.717, 1.165) is 78.1 Å². The van der Waals surface area contributed by atoms with Gasteiger partial charge in [-0.3, -0.25) is 28.8 Å². The van der Waals surface area contributed by atoms with E-state index in [1.807, 2.05) is 206 Å². The zero-order valence-electron chi connectivity index (χ0n) is 103. The van der Waals surface area contributed by atoms with E-state index < -0.39 is 19.6 Å². The van der Waals surface area contributed by atoms with Crippen LogP contribution in [0.5, 0.6) is 5.75 Å². The molecule has 1 atom stereocenters. The van der Waals surface area contributed by atoms with Crippen LogP contribution >= 0.6 is 11.3 Å². The number of amides is 1. The number of Topliss-reactive ketones (excluding diaryl/α,β-unsaturated/α-hetero) is 1. The number of aryl methyl sites for hydroxylation is 1. The molecule has 5 N–H and O–H groups in total. The fourth-order valence-electron chi connectivity index (χ4n) is 13.5. The zero-order valence-corrected chi connectivity index (χ0v) is 105. The SMILES string of the molecule is C=S1(=O)Cc2ccccc2N1.C=S1(=O)Nc2ccccc2N1.CC(C)(C)C.CC(C)(C)C.CC(C)(C)C.CC(C)(C)C.CC(C)(C)C.CC(C)(C)C(=O)N1CCCC1.CC(C)(C)C(=O)c1ccccc1.CC(C)(C)C1CC1.CC(C)(C)N1CCCC1.CC(C)(C)Oc1ccccc1.CN(Cc1ccccc1)C(C)(C)C.CN(c1ccccc1)C(C)(C)C.c1ccc2c(c1)CCCN2.c1ccc2c(c1)CCN2.c1ccc2scnc2c1. The van der Waals surface area contributed by atoms with Gasteiger partial charge in [0.05, 0.1) is 32.9 Å². The van der Waals surface area contributed by atoms with Crippen molar-refractivity contribution in [3.05, 3.63) is 276 Å². The van der Waals surface area contributed by atoms with Crippen LogP contribution in [0.2, 0.25) is 0 Å². The average molecular weight is 2120 g/mol. The van der Waals surface area contributed by atoms with E-state index in [1.165, 1.54) is 109 Å². The fraction of sp³-hybridized carbons (Fsp3) is 0.553. The minimum atomic E-state index is -2.31. The molecule has 7 aliphatic rings. The van der Waals surface area contributed by atoms with Gasteiger partial charge in [-0.15, -0.1) is 11.3 Å². The van der Waals surface area contributed by atoms with Crippen LogP contribution in [-0.2, 0) is 49.5 Å². The molecule has 1 aliphatic carbocycles. The summed E-state index contributed by atoms with van der Waals surface area (Å²) in [6.45, 7) is 96.6. The lowest BCUT2D eigenvalue weighted by molar-refractivity contribution is -0.138. The summed E-state index contributed by atoms with van der Waals surface area (Å²) in [5, 5.41) is 6.66. The van der Waals surface area contributed by atoms with Gasteiger partial charge in [0.1, 0.15) is 21.2 Å². The fourth-order valence-corrected chi connectivity index (χ4v) is 16.7. The van der Waals surface area contributed by atoms with Crippen molar-refractivity contribution in [2.75, 3.05) is 83.1 Å². The number of ether oxygens (including phenoxy) is 1. The predicted octanol–water partition coefficient (Wildman–Crippen LogP) is 36.2. The number of hydrogen-bond acceptors (Lipinski definition) is 12. The number of aromatic nitrogens is 1. The van der Waals surface area contributed by atoms with Crippen molar-refractivity contribution in [3.63, 3.8) is 0 Å². The lowest BCUT2D eigenvalue weighted by Crippen LogP contribution is -2.38. The molecular formula is C132H214N10O5S3. The molecule has 1 unspecified atom stereocenters. The lowest BCUT2D eigenvalue weighted by atomic mass is 9.87. The first-order valence-electron chi connectivity index (χ1n) is 54.6. The Hall–Kier alpha value is -9.43. The number of thiazole rings is 1. The van der Waals surface area contributed by atoms with E-state index in [4.69, 9.17) is 4.74 Å². The van der Waals surface area contributed by atoms with Crippen LogP contribution in [0.15, 0.2) is 248 Å². The summed E-state index contributed by atoms with van der Waals surface area (Å²) in [7, 11) is -0.0807. The number of para-hydroxylation sites is 8. The molecule has 3 fully saturated rings. The van der Waals surface area contributed by atoms with E-state index in [9.17, 15) is 18.0 Å². The maximum absolute atomic E-state index is 11.7. The van der Waals surface area contributed by atoms with Gasteiger partial charge < -0.3 is 29.9 Å². The first-order valence-corrected chi connectivity index (χ1v) is 59.2. The molecule has 6 aliphatic heterocycles. The van der Waals surface area contributed by atoms with Gasteiger partial charge >= 0.3 is 0 Å². The zero-order chi connectivity index (χ0) is 115. The van der Waals surface area contributed by atoms with Gasteiger partial charge in [0, 0.05) is 105 Å². The van der Waals surface area contributed by atoms with Crippen molar-refractivity contribution in [1.29, 1.82) is 0 Å². The number of hydrogen-bond donors (Lipinski definition) is 5. The van der Waals surface area contributed by atoms with Gasteiger partial charge in [-0.05, 0) is 300 Å². The first-order chi connectivity index (χ1) is 68.6. The van der Waals surface area contributed by atoms with Gasteiger partial charge in [-0.2, -0.15) is 0 Å². The van der Waals surface area contributed by atoms with Crippen molar-refractivity contribution >= 4 is 98.7 Å². The van der Waals surface area contributed by atoms with Crippen LogP contribution in [0.4, 0.5) is 34.1 Å². The predicted molar refractivity (Wildman–Crippen MR) is 672 cm³/mol. The molecule has 2 saturated heterocycles. The summed E-state index contributed by atoms with van der Waals surface area (Å²) in [5.41, 5.74) is 19.2. The molecule has 7 heterocycles. The van der Waals surface area contributed by atoms with E-state index in [0.29, 0.717) is 49.7 Å². The molecule has 150 heavy (non-hydrogen) atoms. The van der Waals surface area contributed by atoms with E-state index in [2.05, 4.69) is 401 Å². The number of ketones is 1. The second-order valence-electron chi connectivity index (χ2n) is 54.8. The van der Waals surface area contributed by atoms with Crippen molar-refractivity contribution in [1.82, 2.24) is 19.7 Å². The number of likely N-dealkylation sites (tertiary alicyclic amines) is 2. The van der Waals surface area contributed by atoms with Gasteiger partial charge in [0.25, 0.3) is 0 Å². The molecule has 840 valence electrons. The van der Waals surface area contributed by atoms with Crippen LogP contribution in [-0.4, -0.2) is 127 Å². The molecular weight excluding hydrogens is 1900 g/mol. The third-order valence-corrected chi connectivity index (χ3v) is 24.7. The van der Waals surface area contributed by atoms with Crippen LogP contribution in [0, 0.1) is 49.2 Å². The Labute approximate surface area is 924 Å². The molecule has 1 saturated carbocycles. The number of nitrogens with zero attached hydrogens (tertiary/aromatic N) is 5. The monoisotopic (exact) mass is 2120 g/mol. The summed E-state index contributed by atoms with van der Waals surface area (Å²) in [6.07, 6.45) is 11.8. The number of anilines is 6. The Morgan fingerprint density at radius 2 is 0.767 bits per heavy atom. The van der Waals surface area contributed by atoms with Crippen LogP contribution in [0.1, 0.15) is 361 Å². The Morgan fingerprint density at radius 1 is 0.400 bits per heavy atom. The highest BCUT2D eigenvalue weighted by molar-refractivity contribution is 8.03. The molecule has 0 bridgehead atoms. The Morgan fingerprint density at radius 3 is 1.13 bits per heavy atom. The van der Waals surface area contributed by atoms with E-state index in [-0.39, 0.29) is 33.3 Å². The molecule has 18 heteroatoms. The van der Waals surface area contributed by atoms with E-state index >= 15 is 0 Å². The van der Waals surface area contributed by atoms with Gasteiger partial charge in [0.2, 0.25) is 5.91 Å². The van der Waals surface area contributed by atoms with Crippen LogP contribution < -0.4 is 34.4 Å². The Bertz CT molecular complexity index is 5250. The molecule has 0 radical (unpaired) electrons. The normalized spacial score (nSPS) is 15.4. The molecule has 17 rings (SSSR count). The second kappa shape index (κ2) is 64.7. The highest BCUT2D eigenvalue weighted by Gasteiger charge is 2.34. The standard InChI is InChI=1S/C12H19N.C11H17N.C11H14O.C10H14O.C9H17NO.C9H11N.C8H9NOS.C8H9N.C8H17N.C7H8N2OS.C7H5NS.C7H14.5C5H12/c1-12(2,3)13(4)10-11-8-6-5-7-9-11;1-11(2,3)12(4)10-8-6-5-7-9-10;1-11(2,3)10(12)9-7-5-4-6-8-9;1-10(2,3)11-9-7-5-4-6-8-9;1-9(2,3)8(11)10-6-4-5-7-10;1-2-6-9-8(4-1)5-3-7-10-9;1-11(10)6-7-4-2-3-5-8(7)9-11;1-2-4-8-7(3-1)5-6-9-8;1-8(2,3)9-6-4-5-7-9;1-11(10)8-6-4-2-3-5-7(6)9-11;1-2-4-7-6(3-1)8-5-9-7;1-7(2,3)6-4-5-6;5*1-5(2,3)4/h5-9H,10H2,1-4H3;5-9H,1-4H3;4-8H,1-3H3;4-8H,1-3H3;4-7H2,1-3H3;1-2,4,6,10H,3,5,7H2;2-5H,1,6H2,(H,9,10);1-4,9H,5-6H2;4-7H2,1-3H3;2-5H,1H2,(H2,8,9,10);1-5H;6H,4-5H2,1-3H3;5*1-4H3. The Kier molecular flexibility index (Phi) is 59.7. The van der Waals surface area contributed by atoms with Gasteiger partial charge in [0.15, 0.2) is 5.78 Å². The maximum atomic E-state index is 11.7. The molecule has 1 aromatic heterocycles. The summed E-state index contributed by atoms with van der Waals surface area (Å²) in [4.78, 5) is 36.5. The molecule has 1 amide bonds. The number of carbonyl (C=O) groups is 2. The number of benzene rings is 9. The molecule has 9 aromatic carbocycles. The smallest absolute Gasteiger partial charge is 0.227 e. The Balaban J connectivity index is 0.000000803. The second-order valence-corrected chi connectivity index (χ2v) is 59.5. The number of carbonyl (C=O) groups excluding carboxylic acids is 2. The minimum Gasteiger partial charge on any atom is -0.488 e. The summed E-state index contributed by atoms with van der Waals surface area (Å²) in [6, 6.07) is 80.6. The summed E-state index contributed by atoms with van der Waals surface area (Å²) < 4.78 is 38.0. The molecule has 0 spiro atoms. The topological polar surface area (TPSA) is 164 Å². The highest BCUT2D eigenvalue weighted by Crippen LogP contribution is 2.44. The van der Waals surface area contributed by atoms with Crippen molar-refractivity contribution in [2.45, 2.75) is 376 Å². The molecule has 15 nitrogen and oxygen atoms in total. The largest absolute Gasteiger partial charge is 0.488 e. The summed E-state index contributed by atoms with van der Waals surface area (Å²) in [5.74, 6) is 10.1. The number of rotatable bonds is 5. The van der Waals surface area contributed by atoms with Gasteiger partial charge in [-0.25, -0.2) is 13.4 Å². The minimum absolute atomic E-state index is 0.0959. The summed E-state index contributed by atoms with van der Waals surface area (Å²) >= 11 is 1.68. The van der Waals surface area contributed by atoms with E-state index in [1.54, 1.807) is 11.3 Å². The van der Waals surface area contributed by atoms with Gasteiger partial charge in [-0.1, -0.05) is 377 Å². The average Bonchev–Trinajstić information content (AvgIpc) is 1.71.